The number of nitrogen functional groups attached to an aromatic ring is 1. The molecular formula is C12H19N3O3. The lowest BCUT2D eigenvalue weighted by Crippen LogP contribution is -2.34. The minimum absolute atomic E-state index is 0.107. The third-order valence-corrected chi connectivity index (χ3v) is 2.60. The maximum Gasteiger partial charge on any atom is 0.236 e. The van der Waals surface area contributed by atoms with Crippen LogP contribution in [0, 0.1) is 0 Å². The number of nitrogens with two attached hydrogens (primary N) is 2. The van der Waals surface area contributed by atoms with E-state index in [2.05, 4.69) is 0 Å². The summed E-state index contributed by atoms with van der Waals surface area (Å²) in [5, 5.41) is 0. The van der Waals surface area contributed by atoms with E-state index in [1.807, 2.05) is 6.92 Å². The second kappa shape index (κ2) is 6.00. The van der Waals surface area contributed by atoms with Gasteiger partial charge in [0.2, 0.25) is 5.91 Å². The van der Waals surface area contributed by atoms with E-state index in [0.29, 0.717) is 29.4 Å². The van der Waals surface area contributed by atoms with E-state index in [4.69, 9.17) is 20.9 Å². The lowest BCUT2D eigenvalue weighted by molar-refractivity contribution is -0.116. The van der Waals surface area contributed by atoms with E-state index >= 15 is 0 Å². The number of hydrogen-bond acceptors (Lipinski definition) is 5. The zero-order valence-corrected chi connectivity index (χ0v) is 10.9. The number of carbonyl (C=O) groups excluding carboxylic acids is 1. The Balaban J connectivity index is 3.18. The molecule has 0 heterocycles. The van der Waals surface area contributed by atoms with Crippen LogP contribution >= 0.6 is 0 Å². The van der Waals surface area contributed by atoms with Gasteiger partial charge in [-0.15, -0.1) is 0 Å². The Morgan fingerprint density at radius 3 is 2.28 bits per heavy atom. The highest BCUT2D eigenvalue weighted by Crippen LogP contribution is 2.36. The highest BCUT2D eigenvalue weighted by atomic mass is 16.5. The third kappa shape index (κ3) is 2.97. The molecule has 0 unspecified atom stereocenters. The predicted octanol–water partition coefficient (Wildman–Crippen LogP) is 0.598. The monoisotopic (exact) mass is 253 g/mol. The first-order valence-corrected chi connectivity index (χ1v) is 5.58. The Kier molecular flexibility index (Phi) is 4.65. The van der Waals surface area contributed by atoms with Crippen molar-refractivity contribution in [2.75, 3.05) is 37.9 Å². The molecule has 4 N–H and O–H groups in total. The molecule has 1 aromatic rings. The van der Waals surface area contributed by atoms with E-state index in [9.17, 15) is 4.79 Å². The fourth-order valence-corrected chi connectivity index (χ4v) is 1.71. The molecule has 1 amide bonds. The van der Waals surface area contributed by atoms with E-state index in [1.54, 1.807) is 24.1 Å². The third-order valence-electron chi connectivity index (χ3n) is 2.60. The van der Waals surface area contributed by atoms with Crippen LogP contribution in [0.15, 0.2) is 12.1 Å². The number of likely N-dealkylation sites (N-methyl/N-ethyl adjacent to an activating group) is 1. The van der Waals surface area contributed by atoms with Gasteiger partial charge in [-0.05, 0) is 6.92 Å². The quantitative estimate of drug-likeness (QED) is 0.724. The molecule has 6 nitrogen and oxygen atoms in total. The molecule has 0 aliphatic carbocycles. The first-order valence-electron chi connectivity index (χ1n) is 5.58. The van der Waals surface area contributed by atoms with Crippen LogP contribution in [0.2, 0.25) is 0 Å². The van der Waals surface area contributed by atoms with Gasteiger partial charge in [0.25, 0.3) is 0 Å². The zero-order valence-electron chi connectivity index (χ0n) is 10.9. The van der Waals surface area contributed by atoms with Gasteiger partial charge in [-0.3, -0.25) is 4.79 Å². The van der Waals surface area contributed by atoms with Gasteiger partial charge in [-0.1, -0.05) is 0 Å². The largest absolute Gasteiger partial charge is 0.493 e. The number of rotatable bonds is 6. The molecule has 0 aliphatic rings. The highest BCUT2D eigenvalue weighted by Gasteiger charge is 2.15. The lowest BCUT2D eigenvalue weighted by atomic mass is 10.2. The molecule has 0 aromatic heterocycles. The fraction of sp³-hybridized carbons (Fsp3) is 0.417. The zero-order chi connectivity index (χ0) is 13.7. The first kappa shape index (κ1) is 14.0. The number of nitrogens with zero attached hydrogens (tertiary/aromatic N) is 1. The van der Waals surface area contributed by atoms with Gasteiger partial charge in [0.1, 0.15) is 0 Å². The van der Waals surface area contributed by atoms with Crippen molar-refractivity contribution in [3.05, 3.63) is 12.1 Å². The summed E-state index contributed by atoms with van der Waals surface area (Å²) in [6.45, 7) is 2.64. The number of primary amides is 1. The minimum Gasteiger partial charge on any atom is -0.493 e. The normalized spacial score (nSPS) is 9.94. The van der Waals surface area contributed by atoms with Crippen LogP contribution < -0.4 is 25.8 Å². The molecule has 18 heavy (non-hydrogen) atoms. The molecule has 0 spiro atoms. The van der Waals surface area contributed by atoms with Crippen molar-refractivity contribution in [1.82, 2.24) is 0 Å². The van der Waals surface area contributed by atoms with Gasteiger partial charge in [-0.25, -0.2) is 0 Å². The molecule has 1 rings (SSSR count). The second-order valence-electron chi connectivity index (χ2n) is 3.75. The SMILES string of the molecule is CCN(CC(N)=O)c1cc(OC)c(OC)cc1N. The summed E-state index contributed by atoms with van der Waals surface area (Å²) < 4.78 is 10.4. The van der Waals surface area contributed by atoms with Crippen molar-refractivity contribution in [3.63, 3.8) is 0 Å². The van der Waals surface area contributed by atoms with E-state index in [0.717, 1.165) is 0 Å². The molecule has 0 radical (unpaired) electrons. The molecule has 0 aliphatic heterocycles. The standard InChI is InChI=1S/C12H19N3O3/c1-4-15(7-12(14)16)9-6-11(18-3)10(17-2)5-8(9)13/h5-6H,4,7,13H2,1-3H3,(H2,14,16). The number of hydrogen-bond donors (Lipinski definition) is 2. The van der Waals surface area contributed by atoms with Crippen molar-refractivity contribution >= 4 is 17.3 Å². The Morgan fingerprint density at radius 1 is 1.28 bits per heavy atom. The molecule has 6 heteroatoms. The maximum atomic E-state index is 11.0. The van der Waals surface area contributed by atoms with Crippen molar-refractivity contribution in [2.24, 2.45) is 5.73 Å². The van der Waals surface area contributed by atoms with Crippen molar-refractivity contribution in [3.8, 4) is 11.5 Å². The first-order chi connectivity index (χ1) is 8.53. The second-order valence-corrected chi connectivity index (χ2v) is 3.75. The number of ether oxygens (including phenoxy) is 2. The minimum atomic E-state index is -0.411. The van der Waals surface area contributed by atoms with Crippen molar-refractivity contribution in [1.29, 1.82) is 0 Å². The van der Waals surface area contributed by atoms with Crippen LogP contribution in [0.5, 0.6) is 11.5 Å². The predicted molar refractivity (Wildman–Crippen MR) is 71.0 cm³/mol. The van der Waals surface area contributed by atoms with Crippen LogP contribution in [-0.2, 0) is 4.79 Å². The van der Waals surface area contributed by atoms with Crippen LogP contribution in [0.25, 0.3) is 0 Å². The van der Waals surface area contributed by atoms with E-state index < -0.39 is 5.91 Å². The fourth-order valence-electron chi connectivity index (χ4n) is 1.71. The summed E-state index contributed by atoms with van der Waals surface area (Å²) >= 11 is 0. The molecular weight excluding hydrogens is 234 g/mol. The van der Waals surface area contributed by atoms with Gasteiger partial charge >= 0.3 is 0 Å². The molecule has 0 fully saturated rings. The van der Waals surface area contributed by atoms with Crippen LogP contribution in [0.4, 0.5) is 11.4 Å². The molecule has 0 bridgehead atoms. The van der Waals surface area contributed by atoms with Gasteiger partial charge in [0, 0.05) is 18.7 Å². The highest BCUT2D eigenvalue weighted by molar-refractivity contribution is 5.82. The number of methoxy groups -OCH3 is 2. The summed E-state index contributed by atoms with van der Waals surface area (Å²) in [7, 11) is 3.08. The number of anilines is 2. The Labute approximate surface area is 106 Å². The van der Waals surface area contributed by atoms with Gasteiger partial charge in [-0.2, -0.15) is 0 Å². The number of amides is 1. The summed E-state index contributed by atoms with van der Waals surface area (Å²) in [5.74, 6) is 0.699. The molecule has 0 saturated heterocycles. The summed E-state index contributed by atoms with van der Waals surface area (Å²) in [6, 6.07) is 3.40. The summed E-state index contributed by atoms with van der Waals surface area (Å²) in [4.78, 5) is 12.8. The summed E-state index contributed by atoms with van der Waals surface area (Å²) in [5.41, 5.74) is 12.4. The number of carbonyl (C=O) groups is 1. The molecule has 0 atom stereocenters. The van der Waals surface area contributed by atoms with Gasteiger partial charge in [0.15, 0.2) is 11.5 Å². The van der Waals surface area contributed by atoms with E-state index in [-0.39, 0.29) is 6.54 Å². The average molecular weight is 253 g/mol. The molecule has 0 saturated carbocycles. The van der Waals surface area contributed by atoms with E-state index in [1.165, 1.54) is 7.11 Å². The smallest absolute Gasteiger partial charge is 0.236 e. The Bertz CT molecular complexity index is 435. The van der Waals surface area contributed by atoms with Crippen LogP contribution in [-0.4, -0.2) is 33.2 Å². The maximum absolute atomic E-state index is 11.0. The Morgan fingerprint density at radius 2 is 1.83 bits per heavy atom. The van der Waals surface area contributed by atoms with Gasteiger partial charge in [0.05, 0.1) is 32.1 Å². The number of benzene rings is 1. The molecule has 1 aromatic carbocycles. The van der Waals surface area contributed by atoms with Crippen molar-refractivity contribution < 1.29 is 14.3 Å². The van der Waals surface area contributed by atoms with Gasteiger partial charge < -0.3 is 25.8 Å². The van der Waals surface area contributed by atoms with Crippen LogP contribution in [0.3, 0.4) is 0 Å². The average Bonchev–Trinajstić information content (AvgIpc) is 2.35. The topological polar surface area (TPSA) is 90.8 Å². The summed E-state index contributed by atoms with van der Waals surface area (Å²) in [6.07, 6.45) is 0. The Hall–Kier alpha value is -2.11. The van der Waals surface area contributed by atoms with Crippen molar-refractivity contribution in [2.45, 2.75) is 6.92 Å². The lowest BCUT2D eigenvalue weighted by Gasteiger charge is -2.24. The van der Waals surface area contributed by atoms with Crippen LogP contribution in [0.1, 0.15) is 6.92 Å². The molecule has 100 valence electrons.